The van der Waals surface area contributed by atoms with Gasteiger partial charge in [-0.2, -0.15) is 0 Å². The fourth-order valence-electron chi connectivity index (χ4n) is 19.7. The molecule has 0 atom stereocenters. The van der Waals surface area contributed by atoms with Crippen LogP contribution < -0.4 is 0 Å². The van der Waals surface area contributed by atoms with Gasteiger partial charge in [-0.05, 0) is 180 Å². The van der Waals surface area contributed by atoms with Crippen LogP contribution in [0, 0.1) is 0 Å². The number of hydrogen-bond acceptors (Lipinski definition) is 8. The predicted octanol–water partition coefficient (Wildman–Crippen LogP) is 34.0. The third-order valence-electron chi connectivity index (χ3n) is 26.2. The molecule has 20 aromatic carbocycles. The largest absolute Gasteiger partial charge is 0.309 e. The quantitative estimate of drug-likeness (QED) is 0.0958. The molecule has 0 N–H and O–H groups in total. The summed E-state index contributed by atoms with van der Waals surface area (Å²) in [4.78, 5) is 31.6. The van der Waals surface area contributed by atoms with Gasteiger partial charge in [-0.15, -0.1) is 22.7 Å². The highest BCUT2D eigenvalue weighted by atomic mass is 32.1. The Morgan fingerprint density at radius 2 is 0.419 bits per heavy atom. The van der Waals surface area contributed by atoms with E-state index in [9.17, 15) is 0 Å². The van der Waals surface area contributed by atoms with Crippen LogP contribution >= 0.6 is 22.7 Å². The van der Waals surface area contributed by atoms with Gasteiger partial charge in [0, 0.05) is 107 Å². The monoisotopic (exact) mass is 1770 g/mol. The zero-order valence-corrected chi connectivity index (χ0v) is 75.2. The molecule has 0 fully saturated rings. The number of aromatic nitrogens is 8. The first-order valence-electron chi connectivity index (χ1n) is 45.9. The van der Waals surface area contributed by atoms with Gasteiger partial charge in [0.15, 0.2) is 34.9 Å². The van der Waals surface area contributed by atoms with E-state index in [2.05, 4.69) is 422 Å². The molecule has 26 rings (SSSR count). The summed E-state index contributed by atoms with van der Waals surface area (Å²) in [7, 11) is 0. The zero-order valence-electron chi connectivity index (χ0n) is 73.6. The number of nitrogens with zero attached hydrogens (tertiary/aromatic N) is 8. The van der Waals surface area contributed by atoms with Crippen LogP contribution in [0.5, 0.6) is 0 Å². The van der Waals surface area contributed by atoms with Crippen LogP contribution in [-0.4, -0.2) is 39.0 Å². The van der Waals surface area contributed by atoms with Crippen molar-refractivity contribution in [3.8, 4) is 169 Å². The first-order chi connectivity index (χ1) is 67.4. The van der Waals surface area contributed by atoms with Gasteiger partial charge in [0.25, 0.3) is 0 Å². The Balaban J connectivity index is 0.000000145. The smallest absolute Gasteiger partial charge is 0.164 e. The highest BCUT2D eigenvalue weighted by Gasteiger charge is 2.27. The first kappa shape index (κ1) is 80.5. The Morgan fingerprint density at radius 3 is 0.816 bits per heavy atom. The van der Waals surface area contributed by atoms with Crippen LogP contribution in [0.4, 0.5) is 0 Å². The summed E-state index contributed by atoms with van der Waals surface area (Å²) in [5.41, 5.74) is 30.6. The molecule has 0 unspecified atom stereocenters. The van der Waals surface area contributed by atoms with Gasteiger partial charge >= 0.3 is 0 Å². The van der Waals surface area contributed by atoms with Crippen LogP contribution in [0.25, 0.3) is 253 Å². The Hall–Kier alpha value is -17.5. The van der Waals surface area contributed by atoms with Gasteiger partial charge in [0.2, 0.25) is 0 Å². The summed E-state index contributed by atoms with van der Waals surface area (Å²) in [5.74, 6) is 3.71. The van der Waals surface area contributed by atoms with Crippen molar-refractivity contribution < 1.29 is 0 Å². The molecule has 6 aromatic heterocycles. The van der Waals surface area contributed by atoms with Crippen molar-refractivity contribution in [1.82, 2.24) is 39.0 Å². The summed E-state index contributed by atoms with van der Waals surface area (Å²) < 4.78 is 9.85. The van der Waals surface area contributed by atoms with Gasteiger partial charge in [0.1, 0.15) is 0 Å². The third kappa shape index (κ3) is 14.7. The maximum atomic E-state index is 5.36. The van der Waals surface area contributed by atoms with Crippen LogP contribution in [0.3, 0.4) is 0 Å². The van der Waals surface area contributed by atoms with E-state index in [0.29, 0.717) is 34.9 Å². The molecule has 0 aliphatic carbocycles. The van der Waals surface area contributed by atoms with E-state index in [1.165, 1.54) is 95.1 Å². The van der Waals surface area contributed by atoms with Crippen molar-refractivity contribution in [2.24, 2.45) is 0 Å². The molecule has 8 nitrogen and oxygen atoms in total. The molecule has 0 aliphatic heterocycles. The van der Waals surface area contributed by atoms with Crippen molar-refractivity contribution in [1.29, 1.82) is 0 Å². The highest BCUT2D eigenvalue weighted by Crippen LogP contribution is 2.50. The summed E-state index contributed by atoms with van der Waals surface area (Å²) in [6.07, 6.45) is 0. The second-order valence-electron chi connectivity index (χ2n) is 34.3. The molecule has 0 saturated carbocycles. The predicted molar refractivity (Wildman–Crippen MR) is 570 cm³/mol. The Morgan fingerprint density at radius 1 is 0.147 bits per heavy atom. The average molecular weight is 1770 g/mol. The molecule has 136 heavy (non-hydrogen) atoms. The molecule has 0 spiro atoms. The topological polar surface area (TPSA) is 87.2 Å². The molecule has 6 heterocycles. The third-order valence-corrected chi connectivity index (χ3v) is 28.4. The van der Waals surface area contributed by atoms with Gasteiger partial charge in [-0.25, -0.2) is 29.9 Å². The molecule has 0 amide bonds. The SMILES string of the molecule is c1ccc(-c2ccc(-c3ccccc3)c(-c3ccc(-c4ccc5c(c4)sc4ccc6c7ccccc7n(-c7ccccc7)c6c45)c(-c4nc(-c5ccccc5)nc(-c5ccccc5)n4)c3)c2)cc1.c1ccc(-c2ccc(-c3ccccc3)c(-c3ccc(-c4ccc5sc6ccc7c8ccccc8n(-c8ccccc8)c7c6c5c4)c(-c4nc(-c5ccccc5)nc(-c5ccccc5)n4)c3)c2)cc1. The van der Waals surface area contributed by atoms with Gasteiger partial charge in [-0.3, -0.25) is 0 Å². The molecular weight excluding hydrogens is 1690 g/mol. The molecule has 0 saturated heterocycles. The van der Waals surface area contributed by atoms with Gasteiger partial charge < -0.3 is 9.13 Å². The lowest BCUT2D eigenvalue weighted by molar-refractivity contribution is 1.07. The highest BCUT2D eigenvalue weighted by molar-refractivity contribution is 7.26. The van der Waals surface area contributed by atoms with Crippen molar-refractivity contribution in [3.05, 3.63) is 485 Å². The van der Waals surface area contributed by atoms with Crippen LogP contribution in [-0.2, 0) is 0 Å². The number of hydrogen-bond donors (Lipinski definition) is 0. The Bertz CT molecular complexity index is 8920. The van der Waals surface area contributed by atoms with Crippen LogP contribution in [0.1, 0.15) is 0 Å². The van der Waals surface area contributed by atoms with Crippen LogP contribution in [0.15, 0.2) is 485 Å². The first-order valence-corrected chi connectivity index (χ1v) is 47.5. The van der Waals surface area contributed by atoms with Crippen molar-refractivity contribution in [3.63, 3.8) is 0 Å². The Labute approximate surface area is 793 Å². The summed E-state index contributed by atoms with van der Waals surface area (Å²) >= 11 is 3.69. The molecular formula is C126H80N8S2. The molecule has 10 heteroatoms. The minimum Gasteiger partial charge on any atom is -0.309 e. The molecule has 0 bridgehead atoms. The number of thiophene rings is 2. The van der Waals surface area contributed by atoms with Gasteiger partial charge in [0.05, 0.1) is 22.1 Å². The minimum absolute atomic E-state index is 0.608. The molecule has 636 valence electrons. The fraction of sp³-hybridized carbons (Fsp3) is 0. The van der Waals surface area contributed by atoms with E-state index in [4.69, 9.17) is 29.9 Å². The second kappa shape index (κ2) is 34.6. The van der Waals surface area contributed by atoms with Gasteiger partial charge in [-0.1, -0.05) is 394 Å². The van der Waals surface area contributed by atoms with Crippen molar-refractivity contribution in [2.45, 2.75) is 0 Å². The maximum Gasteiger partial charge on any atom is 0.164 e. The standard InChI is InChI=1S/2C63H40N4S/c1-6-18-41(19-7-1)45-30-33-49(42-20-8-2-9-21-42)53(38-45)47-31-34-50(54(39-47)63-65-61(43-22-10-3-11-23-43)64-62(66-63)44-24-12-4-13-25-44)46-32-36-57-55(40-46)59-58(68-57)37-35-52-51-28-16-17-29-56(51)67(60(52)59)48-26-14-5-15-27-48;1-6-18-41(19-7-1)45-30-33-49(42-20-8-2-9-21-42)54(38-45)46-31-34-50(55(39-46)63-65-61(43-22-10-3-11-23-43)64-62(66-63)44-24-12-4-13-25-44)47-32-35-53-58(40-47)68-57-37-36-52-51-28-16-17-29-56(51)67(60(52)59(53)57)48-26-14-5-15-27-48/h2*1-40H. The summed E-state index contributed by atoms with van der Waals surface area (Å²) in [6.45, 7) is 0. The van der Waals surface area contributed by atoms with Crippen molar-refractivity contribution >= 4 is 107 Å². The fourth-order valence-corrected chi connectivity index (χ4v) is 22.0. The lowest BCUT2D eigenvalue weighted by Gasteiger charge is -2.17. The number of para-hydroxylation sites is 4. The van der Waals surface area contributed by atoms with Crippen molar-refractivity contribution in [2.75, 3.05) is 0 Å². The number of rotatable bonds is 16. The van der Waals surface area contributed by atoms with E-state index in [0.717, 1.165) is 123 Å². The second-order valence-corrected chi connectivity index (χ2v) is 36.4. The molecule has 26 aromatic rings. The molecule has 0 radical (unpaired) electrons. The lowest BCUT2D eigenvalue weighted by Crippen LogP contribution is -2.01. The normalized spacial score (nSPS) is 11.5. The van der Waals surface area contributed by atoms with E-state index in [1.807, 2.05) is 95.5 Å². The molecule has 0 aliphatic rings. The average Bonchev–Trinajstić information content (AvgIpc) is 1.56. The Kier molecular flexibility index (Phi) is 20.5. The van der Waals surface area contributed by atoms with E-state index in [-0.39, 0.29) is 0 Å². The lowest BCUT2D eigenvalue weighted by atomic mass is 9.88. The van der Waals surface area contributed by atoms with Crippen LogP contribution in [0.2, 0.25) is 0 Å². The van der Waals surface area contributed by atoms with E-state index in [1.54, 1.807) is 0 Å². The summed E-state index contributed by atoms with van der Waals surface area (Å²) in [5, 5.41) is 9.97. The summed E-state index contributed by atoms with van der Waals surface area (Å²) in [6, 6.07) is 173. The zero-order chi connectivity index (χ0) is 89.9. The minimum atomic E-state index is 0.608. The van der Waals surface area contributed by atoms with E-state index < -0.39 is 0 Å². The van der Waals surface area contributed by atoms with E-state index >= 15 is 0 Å². The number of fused-ring (bicyclic) bond motifs is 14. The maximum absolute atomic E-state index is 5.36. The number of benzene rings is 20.